The first-order chi connectivity index (χ1) is 19.8. The average molecular weight is 591 g/mol. The Morgan fingerprint density at radius 3 is 1.83 bits per heavy atom. The Morgan fingerprint density at radius 1 is 0.738 bits per heavy atom. The molecule has 4 atom stereocenters. The zero-order valence-corrected chi connectivity index (χ0v) is 22.5. The number of hydrogen-bond donors (Lipinski definition) is 9. The molecular weight excluding hydrogens is 556 g/mol. The van der Waals surface area contributed by atoms with Gasteiger partial charge in [-0.3, -0.25) is 28.8 Å². The van der Waals surface area contributed by atoms with Gasteiger partial charge >= 0.3 is 17.9 Å². The van der Waals surface area contributed by atoms with E-state index >= 15 is 0 Å². The molecule has 42 heavy (non-hydrogen) atoms. The van der Waals surface area contributed by atoms with Crippen molar-refractivity contribution in [2.75, 3.05) is 0 Å². The maximum atomic E-state index is 13.2. The Bertz CT molecular complexity index is 1330. The van der Waals surface area contributed by atoms with Gasteiger partial charge in [0, 0.05) is 42.8 Å². The number of primary amides is 1. The number of aromatic amines is 1. The van der Waals surface area contributed by atoms with Crippen LogP contribution in [0.1, 0.15) is 44.1 Å². The number of nitrogens with one attached hydrogen (secondary N) is 4. The lowest BCUT2D eigenvalue weighted by Gasteiger charge is -2.25. The number of amides is 4. The number of carbonyl (C=O) groups is 7. The molecule has 16 nitrogen and oxygen atoms in total. The molecule has 11 N–H and O–H groups in total. The van der Waals surface area contributed by atoms with Gasteiger partial charge in [-0.25, -0.2) is 4.79 Å². The zero-order valence-electron chi connectivity index (χ0n) is 22.5. The van der Waals surface area contributed by atoms with Gasteiger partial charge in [0.25, 0.3) is 0 Å². The van der Waals surface area contributed by atoms with E-state index in [4.69, 9.17) is 21.7 Å². The molecule has 0 aliphatic carbocycles. The molecule has 2 aromatic rings. The second kappa shape index (κ2) is 15.7. The van der Waals surface area contributed by atoms with E-state index in [1.54, 1.807) is 30.5 Å². The Kier molecular flexibility index (Phi) is 12.4. The van der Waals surface area contributed by atoms with E-state index in [-0.39, 0.29) is 25.7 Å². The largest absolute Gasteiger partial charge is 0.481 e. The average Bonchev–Trinajstić information content (AvgIpc) is 3.33. The minimum atomic E-state index is -1.50. The molecule has 0 spiro atoms. The molecule has 4 amide bonds. The van der Waals surface area contributed by atoms with Gasteiger partial charge in [-0.15, -0.1) is 0 Å². The van der Waals surface area contributed by atoms with Crippen LogP contribution in [-0.2, 0) is 40.0 Å². The first-order valence-electron chi connectivity index (χ1n) is 12.9. The first-order valence-corrected chi connectivity index (χ1v) is 12.9. The number of aliphatic carboxylic acids is 3. The monoisotopic (exact) mass is 590 g/mol. The Labute approximate surface area is 239 Å². The van der Waals surface area contributed by atoms with Crippen molar-refractivity contribution in [3.8, 4) is 0 Å². The van der Waals surface area contributed by atoms with Crippen molar-refractivity contribution in [3.05, 3.63) is 36.0 Å². The molecule has 0 fully saturated rings. The summed E-state index contributed by atoms with van der Waals surface area (Å²) in [5.74, 6) is -7.56. The minimum Gasteiger partial charge on any atom is -0.481 e. The lowest BCUT2D eigenvalue weighted by molar-refractivity contribution is -0.142. The number of hydrogen-bond acceptors (Lipinski definition) is 8. The molecule has 1 heterocycles. The zero-order chi connectivity index (χ0) is 31.4. The van der Waals surface area contributed by atoms with Crippen LogP contribution >= 0.6 is 0 Å². The maximum absolute atomic E-state index is 13.2. The second-order valence-electron chi connectivity index (χ2n) is 9.56. The summed E-state index contributed by atoms with van der Waals surface area (Å²) < 4.78 is 0. The van der Waals surface area contributed by atoms with Crippen LogP contribution in [0.5, 0.6) is 0 Å². The van der Waals surface area contributed by atoms with Crippen molar-refractivity contribution in [3.63, 3.8) is 0 Å². The molecular formula is C26H34N6O10. The van der Waals surface area contributed by atoms with Crippen LogP contribution in [-0.4, -0.2) is 86.0 Å². The Morgan fingerprint density at radius 2 is 1.26 bits per heavy atom. The number of carboxylic acids is 3. The van der Waals surface area contributed by atoms with E-state index < -0.39 is 85.0 Å². The highest BCUT2D eigenvalue weighted by Gasteiger charge is 2.31. The van der Waals surface area contributed by atoms with Crippen LogP contribution in [0, 0.1) is 0 Å². The quantitative estimate of drug-likeness (QED) is 0.0970. The van der Waals surface area contributed by atoms with E-state index in [1.807, 2.05) is 0 Å². The lowest BCUT2D eigenvalue weighted by atomic mass is 10.0. The molecule has 16 heteroatoms. The van der Waals surface area contributed by atoms with Gasteiger partial charge in [0.05, 0.1) is 6.04 Å². The van der Waals surface area contributed by atoms with Gasteiger partial charge < -0.3 is 47.7 Å². The predicted octanol–water partition coefficient (Wildman–Crippen LogP) is -1.43. The molecule has 2 rings (SSSR count). The van der Waals surface area contributed by atoms with Gasteiger partial charge in [-0.05, 0) is 30.9 Å². The molecule has 0 radical (unpaired) electrons. The number of rotatable bonds is 18. The van der Waals surface area contributed by atoms with Crippen LogP contribution < -0.4 is 27.4 Å². The molecule has 228 valence electrons. The predicted molar refractivity (Wildman–Crippen MR) is 146 cm³/mol. The van der Waals surface area contributed by atoms with Crippen molar-refractivity contribution in [1.82, 2.24) is 20.9 Å². The van der Waals surface area contributed by atoms with E-state index in [2.05, 4.69) is 20.9 Å². The van der Waals surface area contributed by atoms with Gasteiger partial charge in [0.15, 0.2) is 0 Å². The summed E-state index contributed by atoms with van der Waals surface area (Å²) in [6.45, 7) is 0. The molecule has 0 saturated heterocycles. The van der Waals surface area contributed by atoms with Crippen molar-refractivity contribution in [2.24, 2.45) is 11.5 Å². The summed E-state index contributed by atoms with van der Waals surface area (Å²) in [5, 5.41) is 35.3. The third-order valence-corrected chi connectivity index (χ3v) is 6.31. The van der Waals surface area contributed by atoms with Crippen LogP contribution in [0.25, 0.3) is 10.9 Å². The maximum Gasteiger partial charge on any atom is 0.326 e. The van der Waals surface area contributed by atoms with E-state index in [0.29, 0.717) is 5.56 Å². The fourth-order valence-corrected chi connectivity index (χ4v) is 4.05. The van der Waals surface area contributed by atoms with Gasteiger partial charge in [-0.2, -0.15) is 0 Å². The number of fused-ring (bicyclic) bond motifs is 1. The van der Waals surface area contributed by atoms with Crippen molar-refractivity contribution in [2.45, 2.75) is 69.1 Å². The molecule has 0 aliphatic rings. The van der Waals surface area contributed by atoms with E-state index in [0.717, 1.165) is 10.9 Å². The third kappa shape index (κ3) is 10.5. The number of para-hydroxylation sites is 1. The Balaban J connectivity index is 2.20. The lowest BCUT2D eigenvalue weighted by Crippen LogP contribution is -2.57. The van der Waals surface area contributed by atoms with Gasteiger partial charge in [0.2, 0.25) is 23.6 Å². The summed E-state index contributed by atoms with van der Waals surface area (Å²) in [6.07, 6.45) is -0.879. The summed E-state index contributed by atoms with van der Waals surface area (Å²) in [4.78, 5) is 87.0. The summed E-state index contributed by atoms with van der Waals surface area (Å²) >= 11 is 0. The fraction of sp³-hybridized carbons (Fsp3) is 0.423. The molecule has 0 saturated carbocycles. The normalized spacial score (nSPS) is 13.7. The molecule has 0 aliphatic heterocycles. The van der Waals surface area contributed by atoms with Gasteiger partial charge in [-0.1, -0.05) is 18.2 Å². The van der Waals surface area contributed by atoms with Crippen molar-refractivity contribution < 1.29 is 48.9 Å². The molecule has 0 unspecified atom stereocenters. The van der Waals surface area contributed by atoms with Crippen LogP contribution in [0.4, 0.5) is 0 Å². The summed E-state index contributed by atoms with van der Waals surface area (Å²) in [7, 11) is 0. The number of carboxylic acid groups (broad SMARTS) is 3. The number of H-pyrrole nitrogens is 1. The molecule has 0 bridgehead atoms. The van der Waals surface area contributed by atoms with Gasteiger partial charge in [0.1, 0.15) is 18.1 Å². The number of nitrogens with two attached hydrogens (primary N) is 2. The second-order valence-corrected chi connectivity index (χ2v) is 9.56. The minimum absolute atomic E-state index is 0.118. The van der Waals surface area contributed by atoms with Crippen LogP contribution in [0.15, 0.2) is 30.5 Å². The smallest absolute Gasteiger partial charge is 0.326 e. The third-order valence-electron chi connectivity index (χ3n) is 6.31. The molecule has 1 aromatic carbocycles. The fourth-order valence-electron chi connectivity index (χ4n) is 4.05. The number of aromatic nitrogens is 1. The van der Waals surface area contributed by atoms with Crippen molar-refractivity contribution >= 4 is 52.4 Å². The van der Waals surface area contributed by atoms with E-state index in [9.17, 15) is 38.7 Å². The molecule has 1 aromatic heterocycles. The highest BCUT2D eigenvalue weighted by Crippen LogP contribution is 2.19. The highest BCUT2D eigenvalue weighted by molar-refractivity contribution is 5.95. The Hall–Kier alpha value is -4.99. The van der Waals surface area contributed by atoms with E-state index in [1.165, 1.54) is 0 Å². The standard InChI is InChI=1S/C26H34N6O10/c27-15(5-9-21(34)35)23(38)30-18(7-10-22(36)37)24(39)31-17(6-8-20(28)33)25(40)32-19(26(41)42)11-13-12-29-16-4-2-1-3-14(13)16/h1-4,12,15,17-19,29H,5-11,27H2,(H2,28,33)(H,30,38)(H,31,39)(H,32,40)(H,34,35)(H,36,37)(H,41,42)/t15-,17-,18-,19-/m0/s1. The van der Waals surface area contributed by atoms with Crippen molar-refractivity contribution in [1.29, 1.82) is 0 Å². The summed E-state index contributed by atoms with van der Waals surface area (Å²) in [5.41, 5.74) is 12.2. The first kappa shape index (κ1) is 33.2. The summed E-state index contributed by atoms with van der Waals surface area (Å²) in [6, 6.07) is 1.38. The topological polar surface area (TPSA) is 284 Å². The SMILES string of the molecule is NC(=O)CC[C@H](NC(=O)[C@H](CCC(=O)O)NC(=O)[C@@H](N)CCC(=O)O)C(=O)N[C@@H](Cc1c[nH]c2ccccc12)C(=O)O. The highest BCUT2D eigenvalue weighted by atomic mass is 16.4. The number of carbonyl (C=O) groups excluding carboxylic acids is 4. The van der Waals surface area contributed by atoms with Crippen LogP contribution in [0.3, 0.4) is 0 Å². The number of benzene rings is 1. The van der Waals surface area contributed by atoms with Crippen LogP contribution in [0.2, 0.25) is 0 Å².